The van der Waals surface area contributed by atoms with Gasteiger partial charge in [0.15, 0.2) is 0 Å². The van der Waals surface area contributed by atoms with Crippen molar-refractivity contribution in [3.05, 3.63) is 17.5 Å². The van der Waals surface area contributed by atoms with Gasteiger partial charge in [-0.25, -0.2) is 4.79 Å². The number of hydrogen-bond donors (Lipinski definition) is 1. The van der Waals surface area contributed by atoms with E-state index in [1.165, 1.54) is 0 Å². The fourth-order valence-electron chi connectivity index (χ4n) is 2.61. The highest BCUT2D eigenvalue weighted by atomic mass is 16.2. The summed E-state index contributed by atoms with van der Waals surface area (Å²) in [6.45, 7) is 7.15. The molecule has 0 bridgehead atoms. The zero-order valence-corrected chi connectivity index (χ0v) is 12.9. The largest absolute Gasteiger partial charge is 0.334 e. The normalized spacial score (nSPS) is 18.9. The van der Waals surface area contributed by atoms with Gasteiger partial charge in [-0.2, -0.15) is 5.10 Å². The summed E-state index contributed by atoms with van der Waals surface area (Å²) in [4.78, 5) is 16.2. The first-order valence-electron chi connectivity index (χ1n) is 7.23. The lowest BCUT2D eigenvalue weighted by Gasteiger charge is -2.20. The van der Waals surface area contributed by atoms with Crippen molar-refractivity contribution in [3.63, 3.8) is 0 Å². The fraction of sp³-hybridized carbons (Fsp3) is 0.714. The average Bonchev–Trinajstić information content (AvgIpc) is 3.03. The van der Waals surface area contributed by atoms with Crippen molar-refractivity contribution in [2.24, 2.45) is 0 Å². The van der Waals surface area contributed by atoms with Gasteiger partial charge in [0.05, 0.1) is 6.20 Å². The summed E-state index contributed by atoms with van der Waals surface area (Å²) >= 11 is 0. The number of amides is 2. The molecule has 2 heterocycles. The summed E-state index contributed by atoms with van der Waals surface area (Å²) < 4.78 is 1.94. The molecule has 2 amide bonds. The lowest BCUT2D eigenvalue weighted by atomic mass is 10.2. The van der Waals surface area contributed by atoms with Crippen LogP contribution in [0.2, 0.25) is 0 Å². The van der Waals surface area contributed by atoms with Crippen LogP contribution in [0.15, 0.2) is 6.20 Å². The third kappa shape index (κ3) is 3.12. The van der Waals surface area contributed by atoms with Gasteiger partial charge < -0.3 is 15.1 Å². The molecule has 1 saturated heterocycles. The summed E-state index contributed by atoms with van der Waals surface area (Å²) in [7, 11) is 4.13. The molecule has 0 unspecified atom stereocenters. The number of likely N-dealkylation sites (N-methyl/N-ethyl adjacent to an activating group) is 1. The molecule has 0 aliphatic carbocycles. The van der Waals surface area contributed by atoms with Crippen LogP contribution in [-0.4, -0.2) is 58.8 Å². The molecular weight excluding hydrogens is 254 g/mol. The maximum Gasteiger partial charge on any atom is 0.317 e. The van der Waals surface area contributed by atoms with E-state index < -0.39 is 0 Å². The Morgan fingerprint density at radius 3 is 2.85 bits per heavy atom. The Hall–Kier alpha value is -1.56. The topological polar surface area (TPSA) is 53.4 Å². The SMILES string of the molecule is CCn1ncc(CNC(=O)N2CC[C@@H](N(C)C)C2)c1C. The Morgan fingerprint density at radius 1 is 1.55 bits per heavy atom. The molecule has 0 saturated carbocycles. The van der Waals surface area contributed by atoms with Gasteiger partial charge in [-0.1, -0.05) is 0 Å². The van der Waals surface area contributed by atoms with Crippen LogP contribution in [0.1, 0.15) is 24.6 Å². The molecule has 112 valence electrons. The second-order valence-corrected chi connectivity index (χ2v) is 5.58. The minimum Gasteiger partial charge on any atom is -0.334 e. The second kappa shape index (κ2) is 6.26. The number of likely N-dealkylation sites (tertiary alicyclic amines) is 1. The molecule has 1 aromatic heterocycles. The van der Waals surface area contributed by atoms with E-state index in [0.717, 1.165) is 37.3 Å². The van der Waals surface area contributed by atoms with Crippen LogP contribution >= 0.6 is 0 Å². The number of urea groups is 1. The van der Waals surface area contributed by atoms with Crippen molar-refractivity contribution in [2.75, 3.05) is 27.2 Å². The molecule has 1 atom stereocenters. The summed E-state index contributed by atoms with van der Waals surface area (Å²) in [6, 6.07) is 0.503. The van der Waals surface area contributed by atoms with E-state index >= 15 is 0 Å². The summed E-state index contributed by atoms with van der Waals surface area (Å²) in [5.41, 5.74) is 2.21. The van der Waals surface area contributed by atoms with Crippen molar-refractivity contribution in [1.82, 2.24) is 24.9 Å². The molecule has 1 fully saturated rings. The molecule has 0 aromatic carbocycles. The average molecular weight is 279 g/mol. The first-order chi connectivity index (χ1) is 9.52. The maximum atomic E-state index is 12.1. The smallest absolute Gasteiger partial charge is 0.317 e. The molecule has 1 aliphatic rings. The molecule has 2 rings (SSSR count). The van der Waals surface area contributed by atoms with E-state index in [0.29, 0.717) is 12.6 Å². The summed E-state index contributed by atoms with van der Waals surface area (Å²) in [5, 5.41) is 7.28. The van der Waals surface area contributed by atoms with Crippen LogP contribution < -0.4 is 5.32 Å². The van der Waals surface area contributed by atoms with E-state index in [2.05, 4.69) is 36.3 Å². The van der Waals surface area contributed by atoms with Gasteiger partial charge >= 0.3 is 6.03 Å². The minimum atomic E-state index is 0.0259. The first-order valence-corrected chi connectivity index (χ1v) is 7.23. The molecule has 1 aromatic rings. The van der Waals surface area contributed by atoms with Gasteiger partial charge in [-0.05, 0) is 34.4 Å². The Bertz CT molecular complexity index is 468. The third-order valence-corrected chi connectivity index (χ3v) is 4.12. The summed E-state index contributed by atoms with van der Waals surface area (Å²) in [6.07, 6.45) is 2.89. The number of carbonyl (C=O) groups is 1. The Kier molecular flexibility index (Phi) is 4.65. The number of aryl methyl sites for hydroxylation is 1. The summed E-state index contributed by atoms with van der Waals surface area (Å²) in [5.74, 6) is 0. The number of nitrogens with zero attached hydrogens (tertiary/aromatic N) is 4. The molecule has 0 spiro atoms. The quantitative estimate of drug-likeness (QED) is 0.896. The Labute approximate surface area is 120 Å². The monoisotopic (exact) mass is 279 g/mol. The number of carbonyl (C=O) groups excluding carboxylic acids is 1. The van der Waals surface area contributed by atoms with Crippen LogP contribution in [-0.2, 0) is 13.1 Å². The predicted octanol–water partition coefficient (Wildman–Crippen LogP) is 1.06. The van der Waals surface area contributed by atoms with Crippen molar-refractivity contribution in [1.29, 1.82) is 0 Å². The van der Waals surface area contributed by atoms with Crippen molar-refractivity contribution < 1.29 is 4.79 Å². The van der Waals surface area contributed by atoms with Gasteiger partial charge in [0.2, 0.25) is 0 Å². The van der Waals surface area contributed by atoms with E-state index in [4.69, 9.17) is 0 Å². The molecule has 6 heteroatoms. The van der Waals surface area contributed by atoms with E-state index in [1.807, 2.05) is 22.7 Å². The van der Waals surface area contributed by atoms with E-state index in [-0.39, 0.29) is 6.03 Å². The molecule has 0 radical (unpaired) electrons. The maximum absolute atomic E-state index is 12.1. The lowest BCUT2D eigenvalue weighted by Crippen LogP contribution is -2.40. The lowest BCUT2D eigenvalue weighted by molar-refractivity contribution is 0.203. The third-order valence-electron chi connectivity index (χ3n) is 4.12. The van der Waals surface area contributed by atoms with Crippen LogP contribution in [0.4, 0.5) is 4.79 Å². The van der Waals surface area contributed by atoms with Crippen LogP contribution in [0, 0.1) is 6.92 Å². The van der Waals surface area contributed by atoms with Crippen molar-refractivity contribution in [2.45, 2.75) is 39.4 Å². The van der Waals surface area contributed by atoms with Gasteiger partial charge in [-0.3, -0.25) is 4.68 Å². The zero-order valence-electron chi connectivity index (χ0n) is 12.9. The van der Waals surface area contributed by atoms with Crippen LogP contribution in [0.25, 0.3) is 0 Å². The van der Waals surface area contributed by atoms with Gasteiger partial charge in [0.25, 0.3) is 0 Å². The van der Waals surface area contributed by atoms with E-state index in [9.17, 15) is 4.79 Å². The number of hydrogen-bond acceptors (Lipinski definition) is 3. The van der Waals surface area contributed by atoms with Gasteiger partial charge in [-0.15, -0.1) is 0 Å². The highest BCUT2D eigenvalue weighted by molar-refractivity contribution is 5.74. The van der Waals surface area contributed by atoms with Gasteiger partial charge in [0.1, 0.15) is 0 Å². The number of nitrogens with one attached hydrogen (secondary N) is 1. The second-order valence-electron chi connectivity index (χ2n) is 5.58. The number of aromatic nitrogens is 2. The molecule has 20 heavy (non-hydrogen) atoms. The standard InChI is InChI=1S/C14H25N5O/c1-5-19-11(2)12(9-16-19)8-15-14(20)18-7-6-13(10-18)17(3)4/h9,13H,5-8,10H2,1-4H3,(H,15,20)/t13-/m1/s1. The Balaban J connectivity index is 1.85. The molecular formula is C14H25N5O. The highest BCUT2D eigenvalue weighted by Crippen LogP contribution is 2.13. The zero-order chi connectivity index (χ0) is 14.7. The molecule has 1 aliphatic heterocycles. The number of rotatable bonds is 4. The van der Waals surface area contributed by atoms with Gasteiger partial charge in [0, 0.05) is 43.5 Å². The van der Waals surface area contributed by atoms with Crippen LogP contribution in [0.5, 0.6) is 0 Å². The predicted molar refractivity (Wildman–Crippen MR) is 78.5 cm³/mol. The van der Waals surface area contributed by atoms with Crippen molar-refractivity contribution in [3.8, 4) is 0 Å². The fourth-order valence-corrected chi connectivity index (χ4v) is 2.61. The minimum absolute atomic E-state index is 0.0259. The Morgan fingerprint density at radius 2 is 2.30 bits per heavy atom. The van der Waals surface area contributed by atoms with E-state index in [1.54, 1.807) is 0 Å². The first kappa shape index (κ1) is 14.8. The van der Waals surface area contributed by atoms with Crippen LogP contribution in [0.3, 0.4) is 0 Å². The highest BCUT2D eigenvalue weighted by Gasteiger charge is 2.27. The molecule has 1 N–H and O–H groups in total. The van der Waals surface area contributed by atoms with Crippen molar-refractivity contribution >= 4 is 6.03 Å². The molecule has 6 nitrogen and oxygen atoms in total.